The number of halogens is 1. The number of nitriles is 2. The Hall–Kier alpha value is -2.34. The Kier molecular flexibility index (Phi) is 3.80. The second-order valence-corrected chi connectivity index (χ2v) is 7.71. The first kappa shape index (κ1) is 16.1. The van der Waals surface area contributed by atoms with Gasteiger partial charge in [0.2, 0.25) is 0 Å². The van der Waals surface area contributed by atoms with Crippen LogP contribution in [0.15, 0.2) is 30.3 Å². The smallest absolute Gasteiger partial charge is 0.194 e. The molecule has 0 aliphatic heterocycles. The van der Waals surface area contributed by atoms with Gasteiger partial charge in [-0.25, -0.2) is 0 Å². The summed E-state index contributed by atoms with van der Waals surface area (Å²) in [5.41, 5.74) is 8.06. The Morgan fingerprint density at radius 3 is 2.76 bits per heavy atom. The van der Waals surface area contributed by atoms with Crippen LogP contribution in [0, 0.1) is 28.6 Å². The van der Waals surface area contributed by atoms with E-state index in [-0.39, 0.29) is 11.8 Å². The van der Waals surface area contributed by atoms with Crippen molar-refractivity contribution in [2.24, 2.45) is 5.92 Å². The van der Waals surface area contributed by atoms with Gasteiger partial charge in [-0.05, 0) is 53.9 Å². The van der Waals surface area contributed by atoms with Gasteiger partial charge in [0, 0.05) is 16.5 Å². The van der Waals surface area contributed by atoms with Gasteiger partial charge in [0.05, 0.1) is 17.8 Å². The van der Waals surface area contributed by atoms with Gasteiger partial charge in [0.15, 0.2) is 5.41 Å². The molecular weight excluding hydrogens is 352 g/mol. The van der Waals surface area contributed by atoms with Crippen molar-refractivity contribution < 1.29 is 0 Å². The molecule has 124 valence electrons. The molecule has 1 aromatic carbocycles. The number of hydrogen-bond acceptors (Lipinski definition) is 5. The number of nitrogen functional groups attached to an aromatic ring is 1. The molecule has 6 heteroatoms. The summed E-state index contributed by atoms with van der Waals surface area (Å²) in [6.07, 6.45) is 5.10. The molecule has 0 radical (unpaired) electrons. The van der Waals surface area contributed by atoms with Crippen molar-refractivity contribution in [2.75, 3.05) is 5.73 Å². The normalized spacial score (nSPS) is 23.6. The first-order valence-electron chi connectivity index (χ1n) is 8.17. The number of benzene rings is 1. The summed E-state index contributed by atoms with van der Waals surface area (Å²) in [6, 6.07) is 12.1. The highest BCUT2D eigenvalue weighted by atomic mass is 35.5. The number of allylic oxidation sites excluding steroid dienone is 2. The SMILES string of the molecule is N#CC1(C#N)c2nsc(N)c2C2=CCCCC2C1c1ccccc1Cl. The van der Waals surface area contributed by atoms with E-state index in [9.17, 15) is 10.5 Å². The summed E-state index contributed by atoms with van der Waals surface area (Å²) in [6.45, 7) is 0. The van der Waals surface area contributed by atoms with Gasteiger partial charge in [0.1, 0.15) is 5.00 Å². The molecule has 0 spiro atoms. The zero-order chi connectivity index (χ0) is 17.6. The molecule has 2 N–H and O–H groups in total. The minimum Gasteiger partial charge on any atom is -0.389 e. The molecule has 2 unspecified atom stereocenters. The van der Waals surface area contributed by atoms with E-state index < -0.39 is 5.41 Å². The summed E-state index contributed by atoms with van der Waals surface area (Å²) in [5.74, 6) is -0.309. The molecule has 1 aromatic heterocycles. The average Bonchev–Trinajstić information content (AvgIpc) is 3.04. The van der Waals surface area contributed by atoms with Crippen LogP contribution in [0.3, 0.4) is 0 Å². The molecule has 0 fully saturated rings. The van der Waals surface area contributed by atoms with Gasteiger partial charge in [-0.2, -0.15) is 14.9 Å². The van der Waals surface area contributed by atoms with Gasteiger partial charge in [-0.15, -0.1) is 0 Å². The molecule has 25 heavy (non-hydrogen) atoms. The van der Waals surface area contributed by atoms with Gasteiger partial charge in [-0.1, -0.05) is 35.9 Å². The third-order valence-corrected chi connectivity index (χ3v) is 6.34. The molecule has 0 bridgehead atoms. The quantitative estimate of drug-likeness (QED) is 0.796. The van der Waals surface area contributed by atoms with Crippen LogP contribution < -0.4 is 5.73 Å². The van der Waals surface area contributed by atoms with Crippen LogP contribution in [-0.4, -0.2) is 4.37 Å². The Balaban J connectivity index is 2.08. The van der Waals surface area contributed by atoms with Crippen molar-refractivity contribution in [2.45, 2.75) is 30.6 Å². The monoisotopic (exact) mass is 366 g/mol. The highest BCUT2D eigenvalue weighted by Gasteiger charge is 2.55. The number of fused-ring (bicyclic) bond motifs is 3. The van der Waals surface area contributed by atoms with Crippen LogP contribution in [0.4, 0.5) is 5.00 Å². The van der Waals surface area contributed by atoms with E-state index in [0.29, 0.717) is 15.7 Å². The van der Waals surface area contributed by atoms with Crippen LogP contribution in [-0.2, 0) is 5.41 Å². The van der Waals surface area contributed by atoms with E-state index in [0.717, 1.165) is 47.5 Å². The third kappa shape index (κ3) is 2.13. The lowest BCUT2D eigenvalue weighted by molar-refractivity contribution is 0.373. The lowest BCUT2D eigenvalue weighted by Crippen LogP contribution is -2.41. The number of hydrogen-bond donors (Lipinski definition) is 1. The maximum absolute atomic E-state index is 10.1. The van der Waals surface area contributed by atoms with Crippen molar-refractivity contribution in [3.05, 3.63) is 52.2 Å². The van der Waals surface area contributed by atoms with E-state index in [1.54, 1.807) is 0 Å². The van der Waals surface area contributed by atoms with Gasteiger partial charge in [-0.3, -0.25) is 0 Å². The van der Waals surface area contributed by atoms with E-state index in [2.05, 4.69) is 22.6 Å². The molecule has 2 aliphatic carbocycles. The summed E-state index contributed by atoms with van der Waals surface area (Å²) in [5, 5.41) is 21.4. The number of nitrogens with zero attached hydrogens (tertiary/aromatic N) is 3. The standard InChI is InChI=1S/C19H15ClN4S/c20-14-8-4-3-7-13(14)16-12-6-2-1-5-11(12)15-17(24-25-18(15)23)19(16,9-21)10-22/h3-5,7-8,12,16H,1-2,6,23H2. The van der Waals surface area contributed by atoms with Crippen LogP contribution in [0.2, 0.25) is 5.02 Å². The molecule has 0 saturated heterocycles. The van der Waals surface area contributed by atoms with Crippen molar-refractivity contribution in [3.8, 4) is 12.1 Å². The molecular formula is C19H15ClN4S. The summed E-state index contributed by atoms with van der Waals surface area (Å²) < 4.78 is 4.44. The van der Waals surface area contributed by atoms with Crippen LogP contribution in [0.25, 0.3) is 5.57 Å². The molecule has 0 amide bonds. The van der Waals surface area contributed by atoms with Gasteiger partial charge in [0.25, 0.3) is 0 Å². The fourth-order valence-electron chi connectivity index (χ4n) is 4.28. The van der Waals surface area contributed by atoms with E-state index in [1.165, 1.54) is 0 Å². The van der Waals surface area contributed by atoms with Crippen LogP contribution >= 0.6 is 23.1 Å². The summed E-state index contributed by atoms with van der Waals surface area (Å²) in [7, 11) is 0. The number of anilines is 1. The Morgan fingerprint density at radius 2 is 2.04 bits per heavy atom. The van der Waals surface area contributed by atoms with Gasteiger partial charge >= 0.3 is 0 Å². The number of rotatable bonds is 1. The Morgan fingerprint density at radius 1 is 1.28 bits per heavy atom. The van der Waals surface area contributed by atoms with Crippen molar-refractivity contribution in [1.29, 1.82) is 10.5 Å². The molecule has 1 heterocycles. The number of nitrogens with two attached hydrogens (primary N) is 1. The first-order chi connectivity index (χ1) is 12.1. The molecule has 2 aliphatic rings. The fraction of sp³-hybridized carbons (Fsp3) is 0.316. The largest absolute Gasteiger partial charge is 0.389 e. The Bertz CT molecular complexity index is 949. The summed E-state index contributed by atoms with van der Waals surface area (Å²) in [4.78, 5) is 0. The van der Waals surface area contributed by atoms with Crippen LogP contribution in [0.1, 0.15) is 42.0 Å². The number of aromatic nitrogens is 1. The fourth-order valence-corrected chi connectivity index (χ4v) is 5.27. The highest BCUT2D eigenvalue weighted by Crippen LogP contribution is 2.59. The highest BCUT2D eigenvalue weighted by molar-refractivity contribution is 7.10. The topological polar surface area (TPSA) is 86.5 Å². The van der Waals surface area contributed by atoms with Crippen molar-refractivity contribution >= 4 is 33.7 Å². The van der Waals surface area contributed by atoms with Crippen molar-refractivity contribution in [3.63, 3.8) is 0 Å². The molecule has 4 nitrogen and oxygen atoms in total. The Labute approximate surface area is 155 Å². The first-order valence-corrected chi connectivity index (χ1v) is 9.32. The predicted molar refractivity (Wildman–Crippen MR) is 98.9 cm³/mol. The lowest BCUT2D eigenvalue weighted by atomic mass is 9.56. The zero-order valence-corrected chi connectivity index (χ0v) is 14.9. The van der Waals surface area contributed by atoms with Crippen LogP contribution in [0.5, 0.6) is 0 Å². The summed E-state index contributed by atoms with van der Waals surface area (Å²) >= 11 is 7.64. The predicted octanol–water partition coefficient (Wildman–Crippen LogP) is 4.64. The van der Waals surface area contributed by atoms with Gasteiger partial charge < -0.3 is 5.73 Å². The van der Waals surface area contributed by atoms with E-state index in [1.807, 2.05) is 24.3 Å². The second kappa shape index (κ2) is 5.88. The third-order valence-electron chi connectivity index (χ3n) is 5.33. The minimum absolute atomic E-state index is 0.0409. The molecule has 0 saturated carbocycles. The second-order valence-electron chi connectivity index (χ2n) is 6.50. The maximum Gasteiger partial charge on any atom is 0.194 e. The molecule has 2 aromatic rings. The lowest BCUT2D eigenvalue weighted by Gasteiger charge is -2.43. The molecule has 2 atom stereocenters. The minimum atomic E-state index is -1.38. The molecule has 4 rings (SSSR count). The maximum atomic E-state index is 10.1. The van der Waals surface area contributed by atoms with E-state index in [4.69, 9.17) is 17.3 Å². The zero-order valence-electron chi connectivity index (χ0n) is 13.4. The van der Waals surface area contributed by atoms with Crippen molar-refractivity contribution in [1.82, 2.24) is 4.37 Å². The van der Waals surface area contributed by atoms with E-state index >= 15 is 0 Å². The average molecular weight is 367 g/mol.